The first-order chi connectivity index (χ1) is 7.83. The molecule has 0 aromatic carbocycles. The molecular formula is C13H26N2O2. The molecule has 17 heavy (non-hydrogen) atoms. The van der Waals surface area contributed by atoms with Gasteiger partial charge in [-0.3, -0.25) is 0 Å². The van der Waals surface area contributed by atoms with E-state index < -0.39 is 5.60 Å². The molecule has 2 amide bonds. The van der Waals surface area contributed by atoms with Crippen LogP contribution in [0.4, 0.5) is 4.79 Å². The van der Waals surface area contributed by atoms with Gasteiger partial charge in [-0.2, -0.15) is 0 Å². The molecule has 1 heterocycles. The summed E-state index contributed by atoms with van der Waals surface area (Å²) in [4.78, 5) is 15.9. The van der Waals surface area contributed by atoms with E-state index in [1.54, 1.807) is 18.7 Å². The zero-order chi connectivity index (χ0) is 13.1. The van der Waals surface area contributed by atoms with Crippen LogP contribution in [-0.2, 0) is 0 Å². The first kappa shape index (κ1) is 14.3. The summed E-state index contributed by atoms with van der Waals surface area (Å²) in [6.07, 6.45) is 2.18. The maximum atomic E-state index is 12.3. The van der Waals surface area contributed by atoms with Crippen molar-refractivity contribution in [2.45, 2.75) is 46.1 Å². The van der Waals surface area contributed by atoms with Crippen molar-refractivity contribution in [3.05, 3.63) is 0 Å². The van der Waals surface area contributed by atoms with Crippen LogP contribution >= 0.6 is 0 Å². The summed E-state index contributed by atoms with van der Waals surface area (Å²) in [6.45, 7) is 10.4. The summed E-state index contributed by atoms with van der Waals surface area (Å²) in [6, 6.07) is 0.0709. The fourth-order valence-electron chi connectivity index (χ4n) is 2.18. The van der Waals surface area contributed by atoms with E-state index in [4.69, 9.17) is 0 Å². The molecule has 0 atom stereocenters. The van der Waals surface area contributed by atoms with Gasteiger partial charge in [-0.1, -0.05) is 6.92 Å². The largest absolute Gasteiger partial charge is 0.389 e. The Balaban J connectivity index is 2.54. The van der Waals surface area contributed by atoms with Gasteiger partial charge >= 0.3 is 6.03 Å². The second-order valence-corrected chi connectivity index (χ2v) is 5.78. The van der Waals surface area contributed by atoms with Gasteiger partial charge in [0.1, 0.15) is 0 Å². The number of piperidine rings is 1. The molecule has 0 aromatic rings. The Morgan fingerprint density at radius 1 is 1.41 bits per heavy atom. The van der Waals surface area contributed by atoms with E-state index in [0.29, 0.717) is 13.1 Å². The third-order valence-corrected chi connectivity index (χ3v) is 3.28. The number of amides is 2. The van der Waals surface area contributed by atoms with Crippen molar-refractivity contribution in [1.29, 1.82) is 0 Å². The predicted octanol–water partition coefficient (Wildman–Crippen LogP) is 1.93. The highest BCUT2D eigenvalue weighted by Gasteiger charge is 2.27. The highest BCUT2D eigenvalue weighted by molar-refractivity contribution is 5.74. The summed E-state index contributed by atoms with van der Waals surface area (Å²) in [5.41, 5.74) is -0.825. The maximum Gasteiger partial charge on any atom is 0.320 e. The lowest BCUT2D eigenvalue weighted by Crippen LogP contribution is -2.50. The fraction of sp³-hybridized carbons (Fsp3) is 0.923. The third kappa shape index (κ3) is 4.54. The molecule has 1 N–H and O–H groups in total. The Morgan fingerprint density at radius 3 is 2.35 bits per heavy atom. The number of carbonyl (C=O) groups excluding carboxylic acids is 1. The minimum atomic E-state index is -0.825. The number of carbonyl (C=O) groups is 1. The van der Waals surface area contributed by atoms with Crippen LogP contribution in [0.1, 0.15) is 40.5 Å². The fourth-order valence-corrected chi connectivity index (χ4v) is 2.18. The van der Waals surface area contributed by atoms with Gasteiger partial charge in [-0.05, 0) is 39.5 Å². The zero-order valence-corrected chi connectivity index (χ0v) is 11.6. The highest BCUT2D eigenvalue weighted by Crippen LogP contribution is 2.18. The molecule has 0 saturated carbocycles. The molecule has 0 radical (unpaired) electrons. The summed E-state index contributed by atoms with van der Waals surface area (Å²) < 4.78 is 0. The molecule has 0 aliphatic carbocycles. The van der Waals surface area contributed by atoms with Crippen molar-refractivity contribution in [1.82, 2.24) is 9.80 Å². The Morgan fingerprint density at radius 2 is 1.94 bits per heavy atom. The lowest BCUT2D eigenvalue weighted by molar-refractivity contribution is 0.0393. The number of hydrogen-bond donors (Lipinski definition) is 1. The van der Waals surface area contributed by atoms with Crippen LogP contribution in [-0.4, -0.2) is 52.7 Å². The molecule has 4 nitrogen and oxygen atoms in total. The zero-order valence-electron chi connectivity index (χ0n) is 11.6. The predicted molar refractivity (Wildman–Crippen MR) is 68.9 cm³/mol. The summed E-state index contributed by atoms with van der Waals surface area (Å²) in [7, 11) is 0. The number of aliphatic hydroxyl groups is 1. The van der Waals surface area contributed by atoms with Gasteiger partial charge in [0.25, 0.3) is 0 Å². The highest BCUT2D eigenvalue weighted by atomic mass is 16.3. The molecule has 1 saturated heterocycles. The van der Waals surface area contributed by atoms with Crippen molar-refractivity contribution in [2.75, 3.05) is 26.2 Å². The van der Waals surface area contributed by atoms with E-state index in [9.17, 15) is 9.90 Å². The second-order valence-electron chi connectivity index (χ2n) is 5.78. The van der Waals surface area contributed by atoms with Crippen molar-refractivity contribution in [2.24, 2.45) is 5.92 Å². The van der Waals surface area contributed by atoms with Crippen molar-refractivity contribution >= 4 is 6.03 Å². The Bertz CT molecular complexity index is 253. The molecule has 0 aromatic heterocycles. The first-order valence-electron chi connectivity index (χ1n) is 6.59. The number of rotatable bonds is 3. The summed E-state index contributed by atoms with van der Waals surface area (Å²) in [5.74, 6) is 0.725. The number of likely N-dealkylation sites (tertiary alicyclic amines) is 1. The number of nitrogens with zero attached hydrogens (tertiary/aromatic N) is 2. The summed E-state index contributed by atoms with van der Waals surface area (Å²) >= 11 is 0. The molecule has 0 bridgehead atoms. The van der Waals surface area contributed by atoms with Crippen LogP contribution in [0.3, 0.4) is 0 Å². The Labute approximate surface area is 105 Å². The van der Waals surface area contributed by atoms with E-state index in [1.807, 2.05) is 11.8 Å². The van der Waals surface area contributed by atoms with Crippen molar-refractivity contribution in [3.8, 4) is 0 Å². The smallest absolute Gasteiger partial charge is 0.320 e. The number of likely N-dealkylation sites (N-methyl/N-ethyl adjacent to an activating group) is 1. The quantitative estimate of drug-likeness (QED) is 0.822. The Kier molecular flexibility index (Phi) is 4.80. The third-order valence-electron chi connectivity index (χ3n) is 3.28. The van der Waals surface area contributed by atoms with Crippen molar-refractivity contribution in [3.63, 3.8) is 0 Å². The summed E-state index contributed by atoms with van der Waals surface area (Å²) in [5, 5.41) is 9.80. The normalized spacial score (nSPS) is 18.3. The molecule has 4 heteroatoms. The van der Waals surface area contributed by atoms with Crippen LogP contribution in [0.25, 0.3) is 0 Å². The first-order valence-corrected chi connectivity index (χ1v) is 6.59. The van der Waals surface area contributed by atoms with Crippen LogP contribution in [0.15, 0.2) is 0 Å². The molecular weight excluding hydrogens is 216 g/mol. The van der Waals surface area contributed by atoms with Gasteiger partial charge in [0.15, 0.2) is 0 Å². The van der Waals surface area contributed by atoms with Crippen LogP contribution < -0.4 is 0 Å². The molecule has 1 aliphatic rings. The van der Waals surface area contributed by atoms with E-state index in [-0.39, 0.29) is 6.03 Å². The van der Waals surface area contributed by atoms with Gasteiger partial charge in [-0.25, -0.2) is 4.79 Å². The molecule has 1 fully saturated rings. The second kappa shape index (κ2) is 5.71. The van der Waals surface area contributed by atoms with Crippen LogP contribution in [0, 0.1) is 5.92 Å². The van der Waals surface area contributed by atoms with Crippen molar-refractivity contribution < 1.29 is 9.90 Å². The van der Waals surface area contributed by atoms with Crippen LogP contribution in [0.2, 0.25) is 0 Å². The minimum Gasteiger partial charge on any atom is -0.389 e. The Hall–Kier alpha value is -0.770. The van der Waals surface area contributed by atoms with Gasteiger partial charge in [0, 0.05) is 19.6 Å². The van der Waals surface area contributed by atoms with E-state index >= 15 is 0 Å². The lowest BCUT2D eigenvalue weighted by Gasteiger charge is -2.36. The van der Waals surface area contributed by atoms with E-state index in [1.165, 1.54) is 0 Å². The maximum absolute atomic E-state index is 12.3. The SMILES string of the molecule is CCN(CC(C)(C)O)C(=O)N1CCC(C)CC1. The molecule has 1 rings (SSSR count). The average molecular weight is 242 g/mol. The van der Waals surface area contributed by atoms with Gasteiger partial charge in [-0.15, -0.1) is 0 Å². The van der Waals surface area contributed by atoms with Gasteiger partial charge < -0.3 is 14.9 Å². The van der Waals surface area contributed by atoms with Gasteiger partial charge in [0.2, 0.25) is 0 Å². The average Bonchev–Trinajstić information content (AvgIpc) is 2.25. The minimum absolute atomic E-state index is 0.0709. The lowest BCUT2D eigenvalue weighted by atomic mass is 9.99. The van der Waals surface area contributed by atoms with Gasteiger partial charge in [0.05, 0.1) is 12.1 Å². The molecule has 0 unspecified atom stereocenters. The van der Waals surface area contributed by atoms with E-state index in [2.05, 4.69) is 6.92 Å². The topological polar surface area (TPSA) is 43.8 Å². The number of hydrogen-bond acceptors (Lipinski definition) is 2. The molecule has 0 spiro atoms. The molecule has 100 valence electrons. The molecule has 1 aliphatic heterocycles. The monoisotopic (exact) mass is 242 g/mol. The standard InChI is InChI=1S/C13H26N2O2/c1-5-14(10-13(3,4)17)12(16)15-8-6-11(2)7-9-15/h11,17H,5-10H2,1-4H3. The van der Waals surface area contributed by atoms with Crippen LogP contribution in [0.5, 0.6) is 0 Å². The van der Waals surface area contributed by atoms with E-state index in [0.717, 1.165) is 31.8 Å². The number of urea groups is 1.